The van der Waals surface area contributed by atoms with Gasteiger partial charge in [-0.2, -0.15) is 0 Å². The molecule has 1 unspecified atom stereocenters. The highest BCUT2D eigenvalue weighted by Crippen LogP contribution is 2.13. The molecule has 3 nitrogen and oxygen atoms in total. The van der Waals surface area contributed by atoms with E-state index in [1.54, 1.807) is 0 Å². The zero-order chi connectivity index (χ0) is 12.0. The van der Waals surface area contributed by atoms with Gasteiger partial charge in [0.1, 0.15) is 0 Å². The Balaban J connectivity index is 2.44. The smallest absolute Gasteiger partial charge is 0.0750 e. The third-order valence-corrected chi connectivity index (χ3v) is 2.58. The molecule has 1 aromatic rings. The van der Waals surface area contributed by atoms with E-state index < -0.39 is 0 Å². The van der Waals surface area contributed by atoms with E-state index >= 15 is 0 Å². The van der Waals surface area contributed by atoms with Gasteiger partial charge >= 0.3 is 0 Å². The minimum absolute atomic E-state index is 0.115. The van der Waals surface area contributed by atoms with Gasteiger partial charge in [0.15, 0.2) is 0 Å². The topological polar surface area (TPSA) is 34.1 Å². The van der Waals surface area contributed by atoms with Gasteiger partial charge in [-0.3, -0.25) is 4.98 Å². The molecule has 1 atom stereocenters. The lowest BCUT2D eigenvalue weighted by molar-refractivity contribution is -0.0103. The molecule has 16 heavy (non-hydrogen) atoms. The molecule has 0 aromatic carbocycles. The average molecular weight is 222 g/mol. The summed E-state index contributed by atoms with van der Waals surface area (Å²) in [4.78, 5) is 4.01. The summed E-state index contributed by atoms with van der Waals surface area (Å²) >= 11 is 0. The Morgan fingerprint density at radius 1 is 1.38 bits per heavy atom. The molecule has 1 aromatic heterocycles. The molecule has 1 heterocycles. The molecular weight excluding hydrogens is 200 g/mol. The maximum atomic E-state index is 5.64. The highest BCUT2D eigenvalue weighted by Gasteiger charge is 2.18. The van der Waals surface area contributed by atoms with Crippen LogP contribution in [0.2, 0.25) is 0 Å². The lowest BCUT2D eigenvalue weighted by atomic mass is 10.1. The van der Waals surface area contributed by atoms with Crippen molar-refractivity contribution in [2.24, 2.45) is 0 Å². The van der Waals surface area contributed by atoms with Gasteiger partial charge in [-0.05, 0) is 45.4 Å². The fourth-order valence-corrected chi connectivity index (χ4v) is 1.61. The van der Waals surface area contributed by atoms with Crippen molar-refractivity contribution < 1.29 is 4.74 Å². The van der Waals surface area contributed by atoms with Crippen LogP contribution in [0, 0.1) is 0 Å². The summed E-state index contributed by atoms with van der Waals surface area (Å²) in [6, 6.07) is 4.39. The van der Waals surface area contributed by atoms with Crippen LogP contribution in [0.15, 0.2) is 24.5 Å². The van der Waals surface area contributed by atoms with Gasteiger partial charge < -0.3 is 10.1 Å². The summed E-state index contributed by atoms with van der Waals surface area (Å²) in [6.07, 6.45) is 3.64. The van der Waals surface area contributed by atoms with Crippen LogP contribution in [0.5, 0.6) is 0 Å². The van der Waals surface area contributed by atoms with Crippen LogP contribution in [0.4, 0.5) is 0 Å². The number of ether oxygens (including phenoxy) is 1. The standard InChI is InChI=1S/C13H22N2O/c1-5-16-13(3,4)10-15-11(2)12-6-8-14-9-7-12/h6-9,11,15H,5,10H2,1-4H3. The molecule has 0 saturated heterocycles. The molecule has 1 N–H and O–H groups in total. The Labute approximate surface area is 98.2 Å². The predicted molar refractivity (Wildman–Crippen MR) is 66.4 cm³/mol. The van der Waals surface area contributed by atoms with E-state index in [4.69, 9.17) is 4.74 Å². The Morgan fingerprint density at radius 2 is 2.00 bits per heavy atom. The lowest BCUT2D eigenvalue weighted by Gasteiger charge is -2.27. The van der Waals surface area contributed by atoms with E-state index in [-0.39, 0.29) is 5.60 Å². The van der Waals surface area contributed by atoms with Crippen LogP contribution in [0.25, 0.3) is 0 Å². The van der Waals surface area contributed by atoms with Crippen molar-refractivity contribution in [1.29, 1.82) is 0 Å². The van der Waals surface area contributed by atoms with Gasteiger partial charge in [0, 0.05) is 31.6 Å². The van der Waals surface area contributed by atoms with Crippen LogP contribution < -0.4 is 5.32 Å². The summed E-state index contributed by atoms with van der Waals surface area (Å²) in [5.74, 6) is 0. The van der Waals surface area contributed by atoms with E-state index in [1.165, 1.54) is 5.56 Å². The minimum atomic E-state index is -0.115. The number of nitrogens with zero attached hydrogens (tertiary/aromatic N) is 1. The quantitative estimate of drug-likeness (QED) is 0.803. The SMILES string of the molecule is CCOC(C)(C)CNC(C)c1ccncc1. The van der Waals surface area contributed by atoms with Crippen molar-refractivity contribution in [3.8, 4) is 0 Å². The van der Waals surface area contributed by atoms with Crippen molar-refractivity contribution in [2.75, 3.05) is 13.2 Å². The largest absolute Gasteiger partial charge is 0.375 e. The summed E-state index contributed by atoms with van der Waals surface area (Å²) in [5.41, 5.74) is 1.14. The summed E-state index contributed by atoms with van der Waals surface area (Å²) in [6.45, 7) is 9.96. The molecule has 0 spiro atoms. The van der Waals surface area contributed by atoms with Gasteiger partial charge in [-0.1, -0.05) is 0 Å². The summed E-state index contributed by atoms with van der Waals surface area (Å²) < 4.78 is 5.64. The number of aromatic nitrogens is 1. The summed E-state index contributed by atoms with van der Waals surface area (Å²) in [7, 11) is 0. The molecule has 90 valence electrons. The van der Waals surface area contributed by atoms with E-state index in [2.05, 4.69) is 31.1 Å². The first-order chi connectivity index (χ1) is 7.55. The van der Waals surface area contributed by atoms with Gasteiger partial charge in [0.25, 0.3) is 0 Å². The molecule has 0 fully saturated rings. The molecule has 3 heteroatoms. The Bertz CT molecular complexity index is 298. The molecule has 0 aliphatic rings. The lowest BCUT2D eigenvalue weighted by Crippen LogP contribution is -2.38. The first-order valence-electron chi connectivity index (χ1n) is 5.82. The zero-order valence-electron chi connectivity index (χ0n) is 10.7. The Morgan fingerprint density at radius 3 is 2.56 bits per heavy atom. The predicted octanol–water partition coefficient (Wildman–Crippen LogP) is 2.55. The second-order valence-electron chi connectivity index (χ2n) is 4.58. The first-order valence-corrected chi connectivity index (χ1v) is 5.82. The number of hydrogen-bond donors (Lipinski definition) is 1. The summed E-state index contributed by atoms with van der Waals surface area (Å²) in [5, 5.41) is 3.47. The zero-order valence-corrected chi connectivity index (χ0v) is 10.7. The van der Waals surface area contributed by atoms with E-state index in [0.29, 0.717) is 6.04 Å². The fraction of sp³-hybridized carbons (Fsp3) is 0.615. The van der Waals surface area contributed by atoms with Crippen molar-refractivity contribution in [3.05, 3.63) is 30.1 Å². The number of rotatable bonds is 6. The number of hydrogen-bond acceptors (Lipinski definition) is 3. The second-order valence-corrected chi connectivity index (χ2v) is 4.58. The maximum Gasteiger partial charge on any atom is 0.0750 e. The van der Waals surface area contributed by atoms with Gasteiger partial charge in [-0.25, -0.2) is 0 Å². The minimum Gasteiger partial charge on any atom is -0.375 e. The van der Waals surface area contributed by atoms with Crippen LogP contribution in [-0.4, -0.2) is 23.7 Å². The molecule has 0 saturated carbocycles. The van der Waals surface area contributed by atoms with Crippen molar-refractivity contribution >= 4 is 0 Å². The molecule has 0 aliphatic heterocycles. The highest BCUT2D eigenvalue weighted by atomic mass is 16.5. The van der Waals surface area contributed by atoms with Crippen LogP contribution in [0.1, 0.15) is 39.3 Å². The Kier molecular flexibility index (Phi) is 4.90. The van der Waals surface area contributed by atoms with E-state index in [1.807, 2.05) is 31.5 Å². The maximum absolute atomic E-state index is 5.64. The van der Waals surface area contributed by atoms with Gasteiger partial charge in [0.2, 0.25) is 0 Å². The molecule has 1 rings (SSSR count). The van der Waals surface area contributed by atoms with Crippen LogP contribution in [-0.2, 0) is 4.74 Å². The molecule has 0 radical (unpaired) electrons. The third-order valence-electron chi connectivity index (χ3n) is 2.58. The monoisotopic (exact) mass is 222 g/mol. The van der Waals surface area contributed by atoms with Crippen molar-refractivity contribution in [2.45, 2.75) is 39.3 Å². The van der Waals surface area contributed by atoms with Crippen molar-refractivity contribution in [3.63, 3.8) is 0 Å². The molecule has 0 aliphatic carbocycles. The highest BCUT2D eigenvalue weighted by molar-refractivity contribution is 5.13. The van der Waals surface area contributed by atoms with E-state index in [0.717, 1.165) is 13.2 Å². The van der Waals surface area contributed by atoms with Crippen LogP contribution >= 0.6 is 0 Å². The average Bonchev–Trinajstić information content (AvgIpc) is 2.27. The third kappa shape index (κ3) is 4.29. The number of nitrogens with one attached hydrogen (secondary N) is 1. The first kappa shape index (κ1) is 13.1. The molecule has 0 bridgehead atoms. The van der Waals surface area contributed by atoms with Crippen LogP contribution in [0.3, 0.4) is 0 Å². The normalized spacial score (nSPS) is 13.8. The van der Waals surface area contributed by atoms with E-state index in [9.17, 15) is 0 Å². The van der Waals surface area contributed by atoms with Crippen molar-refractivity contribution in [1.82, 2.24) is 10.3 Å². The molecular formula is C13H22N2O. The number of pyridine rings is 1. The van der Waals surface area contributed by atoms with Gasteiger partial charge in [0.05, 0.1) is 5.60 Å². The Hall–Kier alpha value is -0.930. The fourth-order valence-electron chi connectivity index (χ4n) is 1.61. The molecule has 0 amide bonds. The second kappa shape index (κ2) is 5.97. The van der Waals surface area contributed by atoms with Gasteiger partial charge in [-0.15, -0.1) is 0 Å².